The van der Waals surface area contributed by atoms with Crippen molar-refractivity contribution in [2.75, 3.05) is 45.0 Å². The number of rotatable bonds is 18. The SMILES string of the molecule is CCCCOCCCOc1cccc(Nc2cccc(OCCCOCCCC)c2)c1. The molecule has 0 saturated carbocycles. The molecule has 2 aromatic rings. The summed E-state index contributed by atoms with van der Waals surface area (Å²) in [6.45, 7) is 8.81. The van der Waals surface area contributed by atoms with Crippen molar-refractivity contribution in [3.8, 4) is 11.5 Å². The number of hydrogen-bond acceptors (Lipinski definition) is 5. The standard InChI is InChI=1S/C26H39NO4/c1-3-5-15-28-17-9-19-30-25-13-7-11-23(21-25)27-24-12-8-14-26(22-24)31-20-10-18-29-16-6-4-2/h7-8,11-14,21-22,27H,3-6,9-10,15-20H2,1-2H3. The first-order valence-electron chi connectivity index (χ1n) is 11.7. The highest BCUT2D eigenvalue weighted by molar-refractivity contribution is 5.62. The van der Waals surface area contributed by atoms with Crippen molar-refractivity contribution in [1.29, 1.82) is 0 Å². The lowest BCUT2D eigenvalue weighted by atomic mass is 10.2. The molecule has 0 unspecified atom stereocenters. The summed E-state index contributed by atoms with van der Waals surface area (Å²) >= 11 is 0. The summed E-state index contributed by atoms with van der Waals surface area (Å²) in [6, 6.07) is 16.0. The van der Waals surface area contributed by atoms with Gasteiger partial charge in [-0.25, -0.2) is 0 Å². The number of benzene rings is 2. The van der Waals surface area contributed by atoms with Gasteiger partial charge in [0.2, 0.25) is 0 Å². The molecule has 0 radical (unpaired) electrons. The molecule has 5 heteroatoms. The highest BCUT2D eigenvalue weighted by atomic mass is 16.5. The van der Waals surface area contributed by atoms with Crippen LogP contribution in [0.2, 0.25) is 0 Å². The Morgan fingerprint density at radius 3 is 1.48 bits per heavy atom. The van der Waals surface area contributed by atoms with Gasteiger partial charge in [-0.2, -0.15) is 0 Å². The van der Waals surface area contributed by atoms with Gasteiger partial charge in [-0.3, -0.25) is 0 Å². The van der Waals surface area contributed by atoms with Crippen molar-refractivity contribution < 1.29 is 18.9 Å². The summed E-state index contributed by atoms with van der Waals surface area (Å²) in [5.74, 6) is 1.71. The third-order valence-electron chi connectivity index (χ3n) is 4.64. The van der Waals surface area contributed by atoms with E-state index in [2.05, 4.69) is 19.2 Å². The molecule has 0 spiro atoms. The Hall–Kier alpha value is -2.24. The van der Waals surface area contributed by atoms with E-state index in [1.54, 1.807) is 0 Å². The maximum Gasteiger partial charge on any atom is 0.121 e. The summed E-state index contributed by atoms with van der Waals surface area (Å²) in [7, 11) is 0. The lowest BCUT2D eigenvalue weighted by Gasteiger charge is -2.12. The zero-order valence-electron chi connectivity index (χ0n) is 19.2. The van der Waals surface area contributed by atoms with Crippen molar-refractivity contribution >= 4 is 11.4 Å². The maximum absolute atomic E-state index is 5.86. The lowest BCUT2D eigenvalue weighted by molar-refractivity contribution is 0.117. The summed E-state index contributed by atoms with van der Waals surface area (Å²) in [4.78, 5) is 0. The minimum Gasteiger partial charge on any atom is -0.493 e. The Morgan fingerprint density at radius 1 is 0.581 bits per heavy atom. The molecule has 0 aliphatic heterocycles. The van der Waals surface area contributed by atoms with Crippen LogP contribution < -0.4 is 14.8 Å². The van der Waals surface area contributed by atoms with E-state index in [9.17, 15) is 0 Å². The van der Waals surface area contributed by atoms with Crippen LogP contribution in [0.3, 0.4) is 0 Å². The van der Waals surface area contributed by atoms with Gasteiger partial charge < -0.3 is 24.3 Å². The van der Waals surface area contributed by atoms with Gasteiger partial charge in [-0.05, 0) is 37.1 Å². The molecule has 0 bridgehead atoms. The van der Waals surface area contributed by atoms with Crippen molar-refractivity contribution in [3.63, 3.8) is 0 Å². The average Bonchev–Trinajstić information content (AvgIpc) is 2.78. The molecule has 0 aromatic heterocycles. The van der Waals surface area contributed by atoms with E-state index in [4.69, 9.17) is 18.9 Å². The van der Waals surface area contributed by atoms with E-state index in [-0.39, 0.29) is 0 Å². The summed E-state index contributed by atoms with van der Waals surface area (Å²) in [5.41, 5.74) is 1.97. The molecule has 0 aliphatic rings. The maximum atomic E-state index is 5.86. The number of anilines is 2. The molecule has 0 amide bonds. The van der Waals surface area contributed by atoms with Crippen LogP contribution in [0.4, 0.5) is 11.4 Å². The quantitative estimate of drug-likeness (QED) is 0.271. The molecule has 0 fully saturated rings. The monoisotopic (exact) mass is 429 g/mol. The third-order valence-corrected chi connectivity index (χ3v) is 4.64. The molecule has 0 heterocycles. The van der Waals surface area contributed by atoms with Crippen molar-refractivity contribution in [2.45, 2.75) is 52.4 Å². The summed E-state index contributed by atoms with van der Waals surface area (Å²) in [6.07, 6.45) is 6.36. The molecule has 172 valence electrons. The molecule has 0 atom stereocenters. The van der Waals surface area contributed by atoms with Crippen molar-refractivity contribution in [2.24, 2.45) is 0 Å². The molecular weight excluding hydrogens is 390 g/mol. The first-order chi connectivity index (χ1) is 15.3. The van der Waals surface area contributed by atoms with Crippen LogP contribution >= 0.6 is 0 Å². The smallest absolute Gasteiger partial charge is 0.121 e. The average molecular weight is 430 g/mol. The topological polar surface area (TPSA) is 49.0 Å². The summed E-state index contributed by atoms with van der Waals surface area (Å²) in [5, 5.41) is 3.42. The predicted octanol–water partition coefficient (Wildman–Crippen LogP) is 6.60. The largest absolute Gasteiger partial charge is 0.493 e. The first-order valence-corrected chi connectivity index (χ1v) is 11.7. The Balaban J connectivity index is 1.71. The number of hydrogen-bond donors (Lipinski definition) is 1. The summed E-state index contributed by atoms with van der Waals surface area (Å²) < 4.78 is 22.9. The van der Waals surface area contributed by atoms with Gasteiger partial charge in [-0.15, -0.1) is 0 Å². The van der Waals surface area contributed by atoms with E-state index in [0.29, 0.717) is 13.2 Å². The Morgan fingerprint density at radius 2 is 1.03 bits per heavy atom. The van der Waals surface area contributed by atoms with Crippen molar-refractivity contribution in [1.82, 2.24) is 0 Å². The fraction of sp³-hybridized carbons (Fsp3) is 0.538. The first kappa shape index (κ1) is 25.0. The fourth-order valence-electron chi connectivity index (χ4n) is 2.89. The second-order valence-corrected chi connectivity index (χ2v) is 7.52. The van der Waals surface area contributed by atoms with Crippen molar-refractivity contribution in [3.05, 3.63) is 48.5 Å². The van der Waals surface area contributed by atoms with E-state index >= 15 is 0 Å². The van der Waals surface area contributed by atoms with Gasteiger partial charge in [0.05, 0.1) is 13.2 Å². The Labute approximate surface area is 188 Å². The van der Waals surface area contributed by atoms with Crippen LogP contribution in [0.1, 0.15) is 52.4 Å². The second-order valence-electron chi connectivity index (χ2n) is 7.52. The zero-order valence-corrected chi connectivity index (χ0v) is 19.2. The van der Waals surface area contributed by atoms with Gasteiger partial charge in [-0.1, -0.05) is 38.8 Å². The van der Waals surface area contributed by atoms with Gasteiger partial charge in [0, 0.05) is 62.8 Å². The second kappa shape index (κ2) is 16.5. The fourth-order valence-corrected chi connectivity index (χ4v) is 2.89. The zero-order chi connectivity index (χ0) is 22.0. The van der Waals surface area contributed by atoms with E-state index in [0.717, 1.165) is 75.0 Å². The van der Waals surface area contributed by atoms with Crippen LogP contribution in [-0.2, 0) is 9.47 Å². The molecule has 0 aliphatic carbocycles. The minimum absolute atomic E-state index is 0.654. The minimum atomic E-state index is 0.654. The normalized spacial score (nSPS) is 10.8. The molecule has 31 heavy (non-hydrogen) atoms. The van der Waals surface area contributed by atoms with Gasteiger partial charge >= 0.3 is 0 Å². The number of ether oxygens (including phenoxy) is 4. The molecule has 1 N–H and O–H groups in total. The van der Waals surface area contributed by atoms with E-state index in [1.807, 2.05) is 48.5 Å². The predicted molar refractivity (Wildman–Crippen MR) is 128 cm³/mol. The number of nitrogens with one attached hydrogen (secondary N) is 1. The Bertz CT molecular complexity index is 648. The Kier molecular flexibility index (Phi) is 13.3. The van der Waals surface area contributed by atoms with Gasteiger partial charge in [0.1, 0.15) is 11.5 Å². The van der Waals surface area contributed by atoms with Gasteiger partial charge in [0.15, 0.2) is 0 Å². The van der Waals surface area contributed by atoms with Crippen LogP contribution in [0, 0.1) is 0 Å². The van der Waals surface area contributed by atoms with Crippen LogP contribution in [0.15, 0.2) is 48.5 Å². The molecule has 2 rings (SSSR count). The lowest BCUT2D eigenvalue weighted by Crippen LogP contribution is -2.04. The van der Waals surface area contributed by atoms with Crippen LogP contribution in [0.25, 0.3) is 0 Å². The van der Waals surface area contributed by atoms with E-state index in [1.165, 1.54) is 12.8 Å². The van der Waals surface area contributed by atoms with Crippen LogP contribution in [-0.4, -0.2) is 39.6 Å². The number of unbranched alkanes of at least 4 members (excludes halogenated alkanes) is 2. The van der Waals surface area contributed by atoms with E-state index < -0.39 is 0 Å². The highest BCUT2D eigenvalue weighted by Crippen LogP contribution is 2.24. The molecule has 0 saturated heterocycles. The van der Waals surface area contributed by atoms with Gasteiger partial charge in [0.25, 0.3) is 0 Å². The molecule has 5 nitrogen and oxygen atoms in total. The van der Waals surface area contributed by atoms with Crippen LogP contribution in [0.5, 0.6) is 11.5 Å². The highest BCUT2D eigenvalue weighted by Gasteiger charge is 2.01. The third kappa shape index (κ3) is 11.7. The molecular formula is C26H39NO4. The molecule has 2 aromatic carbocycles.